The topological polar surface area (TPSA) is 140 Å². The number of ether oxygens (including phenoxy) is 2. The van der Waals surface area contributed by atoms with Crippen molar-refractivity contribution in [3.8, 4) is 23.3 Å². The van der Waals surface area contributed by atoms with Gasteiger partial charge >= 0.3 is 6.01 Å². The number of nitrogens with two attached hydrogens (primary N) is 1. The Hall–Kier alpha value is -4.45. The lowest BCUT2D eigenvalue weighted by Gasteiger charge is -2.37. The molecule has 3 aliphatic rings. The average Bonchev–Trinajstić information content (AvgIpc) is 3.80. The third-order valence-corrected chi connectivity index (χ3v) is 9.56. The van der Waals surface area contributed by atoms with Gasteiger partial charge in [0.2, 0.25) is 0 Å². The Morgan fingerprint density at radius 3 is 2.74 bits per heavy atom. The summed E-state index contributed by atoms with van der Waals surface area (Å²) in [7, 11) is 0. The number of piperazine rings is 1. The molecule has 8 rings (SSSR count). The van der Waals surface area contributed by atoms with Crippen molar-refractivity contribution in [2.24, 2.45) is 0 Å². The van der Waals surface area contributed by atoms with Crippen molar-refractivity contribution in [2.75, 3.05) is 30.3 Å². The first-order valence-electron chi connectivity index (χ1n) is 14.0. The van der Waals surface area contributed by atoms with Crippen LogP contribution in [0.25, 0.3) is 32.2 Å². The summed E-state index contributed by atoms with van der Waals surface area (Å²) in [4.78, 5) is 16.1. The molecule has 7 heterocycles. The van der Waals surface area contributed by atoms with Gasteiger partial charge in [0.05, 0.1) is 47.3 Å². The second-order valence-electron chi connectivity index (χ2n) is 10.9. The molecule has 1 aromatic carbocycles. The molecule has 2 atom stereocenters. The van der Waals surface area contributed by atoms with Crippen LogP contribution in [0.2, 0.25) is 0 Å². The second kappa shape index (κ2) is 10.1. The molecule has 0 spiro atoms. The molecule has 218 valence electrons. The Kier molecular flexibility index (Phi) is 6.14. The van der Waals surface area contributed by atoms with Crippen LogP contribution in [0.15, 0.2) is 24.7 Å². The van der Waals surface area contributed by atoms with Crippen molar-refractivity contribution in [1.82, 2.24) is 30.0 Å². The van der Waals surface area contributed by atoms with Gasteiger partial charge in [-0.1, -0.05) is 0 Å². The number of hydrogen-bond donors (Lipinski definition) is 2. The standard InChI is InChI=1S/C29H25F2N9O2S/c30-19-11-35-24(21-16(8-32)27(33)43-26(19)21)20-17-12-41-13-18(17)22-25(23(20)31)37-29(42-7-6-39-5-1-4-36-39)38-28(22)40-14-2-3-15(40)10-34-9-14/h1,4-5,11,14-15,34H,2-3,6-7,9-10,12-13,33H2. The zero-order valence-corrected chi connectivity index (χ0v) is 23.6. The number of aromatic nitrogens is 5. The minimum Gasteiger partial charge on any atom is -0.461 e. The van der Waals surface area contributed by atoms with Crippen molar-refractivity contribution in [3.63, 3.8) is 0 Å². The number of pyridine rings is 1. The Morgan fingerprint density at radius 2 is 1.98 bits per heavy atom. The molecule has 11 nitrogen and oxygen atoms in total. The van der Waals surface area contributed by atoms with Crippen LogP contribution in [0.3, 0.4) is 0 Å². The van der Waals surface area contributed by atoms with E-state index >= 15 is 4.39 Å². The molecule has 2 bridgehead atoms. The first-order valence-corrected chi connectivity index (χ1v) is 14.8. The van der Waals surface area contributed by atoms with E-state index in [2.05, 4.69) is 31.4 Å². The number of halogens is 2. The fraction of sp³-hybridized carbons (Fsp3) is 0.345. The van der Waals surface area contributed by atoms with Gasteiger partial charge in [-0.2, -0.15) is 20.3 Å². The molecular weight excluding hydrogens is 576 g/mol. The van der Waals surface area contributed by atoms with E-state index in [4.69, 9.17) is 20.2 Å². The quantitative estimate of drug-likeness (QED) is 0.295. The number of thiophene rings is 1. The molecule has 0 radical (unpaired) electrons. The maximum Gasteiger partial charge on any atom is 0.319 e. The lowest BCUT2D eigenvalue weighted by Crippen LogP contribution is -2.52. The summed E-state index contributed by atoms with van der Waals surface area (Å²) in [5.41, 5.74) is 7.81. The number of rotatable bonds is 6. The molecule has 43 heavy (non-hydrogen) atoms. The first kappa shape index (κ1) is 26.2. The number of nitrogens with zero attached hydrogens (tertiary/aromatic N) is 7. The summed E-state index contributed by atoms with van der Waals surface area (Å²) < 4.78 is 45.7. The van der Waals surface area contributed by atoms with Gasteiger partial charge in [-0.15, -0.1) is 11.3 Å². The van der Waals surface area contributed by atoms with Crippen LogP contribution < -0.4 is 20.7 Å². The normalized spacial score (nSPS) is 19.3. The maximum absolute atomic E-state index is 17.1. The average molecular weight is 602 g/mol. The Morgan fingerprint density at radius 1 is 1.16 bits per heavy atom. The molecule has 3 aliphatic heterocycles. The molecule has 4 aromatic heterocycles. The van der Waals surface area contributed by atoms with Crippen LogP contribution in [0, 0.1) is 23.0 Å². The van der Waals surface area contributed by atoms with Crippen LogP contribution in [0.5, 0.6) is 6.01 Å². The van der Waals surface area contributed by atoms with Crippen molar-refractivity contribution >= 4 is 43.1 Å². The van der Waals surface area contributed by atoms with E-state index in [-0.39, 0.29) is 75.3 Å². The molecular formula is C29H25F2N9O2S. The number of nitriles is 1. The summed E-state index contributed by atoms with van der Waals surface area (Å²) >= 11 is 0.942. The summed E-state index contributed by atoms with van der Waals surface area (Å²) in [6.07, 6.45) is 6.53. The van der Waals surface area contributed by atoms with Gasteiger partial charge < -0.3 is 25.4 Å². The molecule has 0 aliphatic carbocycles. The smallest absolute Gasteiger partial charge is 0.319 e. The third-order valence-electron chi connectivity index (χ3n) is 8.54. The van der Waals surface area contributed by atoms with E-state index in [0.29, 0.717) is 23.3 Å². The van der Waals surface area contributed by atoms with Crippen LogP contribution in [-0.2, 0) is 24.5 Å². The number of fused-ring (bicyclic) bond motifs is 6. The lowest BCUT2D eigenvalue weighted by molar-refractivity contribution is 0.135. The van der Waals surface area contributed by atoms with E-state index in [9.17, 15) is 9.65 Å². The van der Waals surface area contributed by atoms with E-state index < -0.39 is 11.6 Å². The van der Waals surface area contributed by atoms with Gasteiger partial charge in [-0.3, -0.25) is 9.67 Å². The van der Waals surface area contributed by atoms with Crippen LogP contribution in [-0.4, -0.2) is 56.5 Å². The number of nitrogens with one attached hydrogen (secondary N) is 1. The van der Waals surface area contributed by atoms with Crippen LogP contribution >= 0.6 is 11.3 Å². The van der Waals surface area contributed by atoms with E-state index in [1.54, 1.807) is 10.9 Å². The van der Waals surface area contributed by atoms with Crippen molar-refractivity contribution in [3.05, 3.63) is 53.0 Å². The van der Waals surface area contributed by atoms with Crippen molar-refractivity contribution in [1.29, 1.82) is 5.26 Å². The fourth-order valence-corrected chi connectivity index (χ4v) is 7.59. The molecule has 2 fully saturated rings. The molecule has 2 unspecified atom stereocenters. The zero-order chi connectivity index (χ0) is 29.2. The molecule has 0 amide bonds. The predicted octanol–water partition coefficient (Wildman–Crippen LogP) is 3.88. The minimum absolute atomic E-state index is 0.0472. The maximum atomic E-state index is 17.1. The molecule has 5 aromatic rings. The van der Waals surface area contributed by atoms with Gasteiger partial charge in [-0.05, 0) is 30.0 Å². The first-order chi connectivity index (χ1) is 21.0. The summed E-state index contributed by atoms with van der Waals surface area (Å²) in [6.45, 7) is 2.62. The second-order valence-corrected chi connectivity index (χ2v) is 11.9. The van der Waals surface area contributed by atoms with Crippen LogP contribution in [0.1, 0.15) is 29.5 Å². The third kappa shape index (κ3) is 4.03. The Bertz CT molecular complexity index is 1940. The predicted molar refractivity (Wildman–Crippen MR) is 156 cm³/mol. The lowest BCUT2D eigenvalue weighted by atomic mass is 9.93. The molecule has 0 saturated carbocycles. The van der Waals surface area contributed by atoms with Crippen molar-refractivity contribution < 1.29 is 18.3 Å². The summed E-state index contributed by atoms with van der Waals surface area (Å²) in [6, 6.07) is 4.31. The Labute approximate surface area is 247 Å². The van der Waals surface area contributed by atoms with E-state index in [1.165, 1.54) is 0 Å². The molecule has 14 heteroatoms. The van der Waals surface area contributed by atoms with Gasteiger partial charge in [0.25, 0.3) is 0 Å². The minimum atomic E-state index is -0.656. The van der Waals surface area contributed by atoms with Gasteiger partial charge in [0.15, 0.2) is 11.6 Å². The SMILES string of the molecule is N#Cc1c(N)sc2c(F)cnc(-c3c4c(c5c(N6C7CCC6CNC7)nc(OCCn6cccn6)nc5c3F)COC4)c12. The van der Waals surface area contributed by atoms with Crippen LogP contribution in [0.4, 0.5) is 19.6 Å². The zero-order valence-electron chi connectivity index (χ0n) is 22.8. The number of anilines is 2. The highest BCUT2D eigenvalue weighted by molar-refractivity contribution is 7.23. The monoisotopic (exact) mass is 601 g/mol. The Balaban J connectivity index is 1.37. The number of nitrogen functional groups attached to an aromatic ring is 1. The summed E-state index contributed by atoms with van der Waals surface area (Å²) in [5.74, 6) is -0.663. The van der Waals surface area contributed by atoms with Gasteiger partial charge in [0, 0.05) is 48.5 Å². The fourth-order valence-electron chi connectivity index (χ4n) is 6.67. The van der Waals surface area contributed by atoms with Crippen molar-refractivity contribution in [2.45, 2.75) is 44.7 Å². The highest BCUT2D eigenvalue weighted by Gasteiger charge is 2.40. The molecule has 3 N–H and O–H groups in total. The largest absolute Gasteiger partial charge is 0.461 e. The van der Waals surface area contributed by atoms with E-state index in [0.717, 1.165) is 49.0 Å². The van der Waals surface area contributed by atoms with E-state index in [1.807, 2.05) is 12.3 Å². The highest BCUT2D eigenvalue weighted by Crippen LogP contribution is 2.47. The number of benzene rings is 1. The molecule has 2 saturated heterocycles. The summed E-state index contributed by atoms with van der Waals surface area (Å²) in [5, 5.41) is 18.5. The van der Waals surface area contributed by atoms with Gasteiger partial charge in [-0.25, -0.2) is 8.78 Å². The van der Waals surface area contributed by atoms with Gasteiger partial charge in [0.1, 0.15) is 29.0 Å². The highest BCUT2D eigenvalue weighted by atomic mass is 32.1. The number of hydrogen-bond acceptors (Lipinski definition) is 11.